The Morgan fingerprint density at radius 2 is 1.83 bits per heavy atom. The van der Waals surface area contributed by atoms with E-state index in [0.29, 0.717) is 36.5 Å². The van der Waals surface area contributed by atoms with Crippen LogP contribution in [0.25, 0.3) is 21.3 Å². The summed E-state index contributed by atoms with van der Waals surface area (Å²) in [7, 11) is 0. The molecule has 1 aromatic carbocycles. The first-order valence-electron chi connectivity index (χ1n) is 12.5. The average molecular weight is 524 g/mol. The van der Waals surface area contributed by atoms with Gasteiger partial charge in [0.25, 0.3) is 5.91 Å². The Labute approximate surface area is 218 Å². The zero-order valence-electron chi connectivity index (χ0n) is 19.8. The van der Waals surface area contributed by atoms with E-state index in [2.05, 4.69) is 4.98 Å². The number of amides is 3. The van der Waals surface area contributed by atoms with Crippen LogP contribution in [0.3, 0.4) is 0 Å². The lowest BCUT2D eigenvalue weighted by Crippen LogP contribution is -2.43. The van der Waals surface area contributed by atoms with Crippen LogP contribution in [0.4, 0.5) is 0 Å². The van der Waals surface area contributed by atoms with Crippen LogP contribution in [-0.4, -0.2) is 51.7 Å². The first kappa shape index (κ1) is 23.4. The van der Waals surface area contributed by atoms with Crippen molar-refractivity contribution < 1.29 is 19.1 Å². The topological polar surface area (TPSA) is 79.8 Å². The standard InChI is InChI=1S/C27H26ClN3O4S/c28-17-11-16-12-22(27(34)30-9-2-1-3-10-30)35-25(16)20(13-17)19-7-8-29-21-14-18(36-26(19)21)15-31-23(32)5-4-6-24(31)33/h7-8,11,13-14,22H,1-6,9-10,12,15H2. The van der Waals surface area contributed by atoms with Crippen molar-refractivity contribution in [3.8, 4) is 16.9 Å². The van der Waals surface area contributed by atoms with E-state index in [1.165, 1.54) is 16.2 Å². The number of fused-ring (bicyclic) bond motifs is 2. The summed E-state index contributed by atoms with van der Waals surface area (Å²) in [6.45, 7) is 1.83. The number of aromatic nitrogens is 1. The molecule has 0 bridgehead atoms. The number of nitrogens with zero attached hydrogens (tertiary/aromatic N) is 3. The van der Waals surface area contributed by atoms with Gasteiger partial charge in [0.2, 0.25) is 11.8 Å². The van der Waals surface area contributed by atoms with Crippen molar-refractivity contribution in [2.75, 3.05) is 13.1 Å². The second-order valence-electron chi connectivity index (χ2n) is 9.65. The molecule has 0 saturated carbocycles. The Morgan fingerprint density at radius 3 is 2.61 bits per heavy atom. The second-order valence-corrected chi connectivity index (χ2v) is 11.2. The highest BCUT2D eigenvalue weighted by atomic mass is 35.5. The van der Waals surface area contributed by atoms with Gasteiger partial charge < -0.3 is 9.64 Å². The fraction of sp³-hybridized carbons (Fsp3) is 0.407. The van der Waals surface area contributed by atoms with Crippen molar-refractivity contribution in [2.45, 2.75) is 57.6 Å². The third kappa shape index (κ3) is 4.26. The van der Waals surface area contributed by atoms with Crippen LogP contribution in [0, 0.1) is 0 Å². The van der Waals surface area contributed by atoms with Gasteiger partial charge in [0, 0.05) is 65.1 Å². The molecule has 3 amide bonds. The van der Waals surface area contributed by atoms with Crippen LogP contribution < -0.4 is 4.74 Å². The summed E-state index contributed by atoms with van der Waals surface area (Å²) in [4.78, 5) is 46.5. The molecular weight excluding hydrogens is 498 g/mol. The molecule has 9 heteroatoms. The third-order valence-electron chi connectivity index (χ3n) is 7.19. The van der Waals surface area contributed by atoms with E-state index in [0.717, 1.165) is 64.1 Å². The summed E-state index contributed by atoms with van der Waals surface area (Å²) in [5.41, 5.74) is 3.46. The van der Waals surface area contributed by atoms with E-state index in [1.54, 1.807) is 6.20 Å². The second kappa shape index (κ2) is 9.48. The molecule has 186 valence electrons. The van der Waals surface area contributed by atoms with Gasteiger partial charge in [-0.2, -0.15) is 0 Å². The van der Waals surface area contributed by atoms with Crippen LogP contribution in [0.1, 0.15) is 49.0 Å². The zero-order valence-corrected chi connectivity index (χ0v) is 21.4. The van der Waals surface area contributed by atoms with Crippen LogP contribution in [0.2, 0.25) is 5.02 Å². The summed E-state index contributed by atoms with van der Waals surface area (Å²) in [5, 5.41) is 0.588. The summed E-state index contributed by atoms with van der Waals surface area (Å²) < 4.78 is 7.24. The fourth-order valence-electron chi connectivity index (χ4n) is 5.39. The molecule has 0 aliphatic carbocycles. The zero-order chi connectivity index (χ0) is 24.8. The molecule has 7 nitrogen and oxygen atoms in total. The third-order valence-corrected chi connectivity index (χ3v) is 8.55. The number of likely N-dealkylation sites (tertiary alicyclic amines) is 2. The van der Waals surface area contributed by atoms with Gasteiger partial charge in [0.1, 0.15) is 5.75 Å². The number of carbonyl (C=O) groups is 3. The Hall–Kier alpha value is -2.97. The molecule has 3 aliphatic heterocycles. The van der Waals surface area contributed by atoms with Gasteiger partial charge in [-0.05, 0) is 49.9 Å². The number of halogens is 1. The number of pyridine rings is 1. The van der Waals surface area contributed by atoms with E-state index in [-0.39, 0.29) is 24.3 Å². The van der Waals surface area contributed by atoms with Crippen molar-refractivity contribution in [2.24, 2.45) is 0 Å². The highest BCUT2D eigenvalue weighted by Crippen LogP contribution is 2.45. The average Bonchev–Trinajstić information content (AvgIpc) is 3.49. The predicted octanol–water partition coefficient (Wildman–Crippen LogP) is 4.97. The largest absolute Gasteiger partial charge is 0.479 e. The normalized spacial score (nSPS) is 20.1. The van der Waals surface area contributed by atoms with Gasteiger partial charge in [-0.15, -0.1) is 11.3 Å². The maximum atomic E-state index is 13.2. The lowest BCUT2D eigenvalue weighted by Gasteiger charge is -2.28. The number of hydrogen-bond donors (Lipinski definition) is 0. The highest BCUT2D eigenvalue weighted by Gasteiger charge is 2.35. The summed E-state index contributed by atoms with van der Waals surface area (Å²) >= 11 is 8.04. The van der Waals surface area contributed by atoms with Crippen LogP contribution in [0.5, 0.6) is 5.75 Å². The van der Waals surface area contributed by atoms with Crippen molar-refractivity contribution in [3.63, 3.8) is 0 Å². The number of hydrogen-bond acceptors (Lipinski definition) is 6. The smallest absolute Gasteiger partial charge is 0.263 e. The van der Waals surface area contributed by atoms with Crippen LogP contribution in [-0.2, 0) is 27.3 Å². The molecular formula is C27H26ClN3O4S. The maximum absolute atomic E-state index is 13.2. The van der Waals surface area contributed by atoms with E-state index >= 15 is 0 Å². The molecule has 0 N–H and O–H groups in total. The highest BCUT2D eigenvalue weighted by molar-refractivity contribution is 7.19. The van der Waals surface area contributed by atoms with Crippen molar-refractivity contribution >= 4 is 50.9 Å². The SMILES string of the molecule is O=C(C1Cc2cc(Cl)cc(-c3ccnc4cc(CN5C(=O)CCCC5=O)sc34)c2O1)N1CCCCC1. The molecule has 2 saturated heterocycles. The van der Waals surface area contributed by atoms with Gasteiger partial charge in [0.05, 0.1) is 16.8 Å². The van der Waals surface area contributed by atoms with Crippen LogP contribution in [0.15, 0.2) is 30.5 Å². The van der Waals surface area contributed by atoms with Gasteiger partial charge >= 0.3 is 0 Å². The lowest BCUT2D eigenvalue weighted by molar-refractivity contribution is -0.148. The molecule has 5 heterocycles. The van der Waals surface area contributed by atoms with E-state index in [9.17, 15) is 14.4 Å². The minimum absolute atomic E-state index is 0.0436. The van der Waals surface area contributed by atoms with Crippen LogP contribution >= 0.6 is 22.9 Å². The quantitative estimate of drug-likeness (QED) is 0.451. The lowest BCUT2D eigenvalue weighted by atomic mass is 10.0. The molecule has 0 radical (unpaired) electrons. The summed E-state index contributed by atoms with van der Waals surface area (Å²) in [6, 6.07) is 7.62. The summed E-state index contributed by atoms with van der Waals surface area (Å²) in [5.74, 6) is 0.491. The Kier molecular flexibility index (Phi) is 6.17. The first-order chi connectivity index (χ1) is 17.5. The van der Waals surface area contributed by atoms with Gasteiger partial charge in [-0.3, -0.25) is 24.3 Å². The van der Waals surface area contributed by atoms with E-state index in [1.807, 2.05) is 29.2 Å². The molecule has 0 spiro atoms. The monoisotopic (exact) mass is 523 g/mol. The number of imide groups is 1. The number of rotatable bonds is 4. The van der Waals surface area contributed by atoms with Crippen molar-refractivity contribution in [1.29, 1.82) is 0 Å². The maximum Gasteiger partial charge on any atom is 0.263 e. The van der Waals surface area contributed by atoms with Gasteiger partial charge in [0.15, 0.2) is 6.10 Å². The molecule has 1 unspecified atom stereocenters. The van der Waals surface area contributed by atoms with E-state index < -0.39 is 6.10 Å². The number of thiophene rings is 1. The Morgan fingerprint density at radius 1 is 1.06 bits per heavy atom. The van der Waals surface area contributed by atoms with E-state index in [4.69, 9.17) is 16.3 Å². The van der Waals surface area contributed by atoms with Gasteiger partial charge in [-0.25, -0.2) is 0 Å². The minimum atomic E-state index is -0.539. The van der Waals surface area contributed by atoms with Crippen molar-refractivity contribution in [3.05, 3.63) is 45.9 Å². The van der Waals surface area contributed by atoms with Crippen molar-refractivity contribution in [1.82, 2.24) is 14.8 Å². The summed E-state index contributed by atoms with van der Waals surface area (Å²) in [6.07, 6.45) is 6.37. The molecule has 2 fully saturated rings. The molecule has 36 heavy (non-hydrogen) atoms. The number of carbonyl (C=O) groups excluding carboxylic acids is 3. The fourth-order valence-corrected chi connectivity index (χ4v) is 6.76. The first-order valence-corrected chi connectivity index (χ1v) is 13.7. The minimum Gasteiger partial charge on any atom is -0.479 e. The van der Waals surface area contributed by atoms with Gasteiger partial charge in [-0.1, -0.05) is 11.6 Å². The number of piperidine rings is 2. The number of benzene rings is 1. The molecule has 3 aliphatic rings. The Bertz CT molecular complexity index is 1360. The number of ether oxygens (including phenoxy) is 1. The predicted molar refractivity (Wildman–Crippen MR) is 138 cm³/mol. The molecule has 2 aromatic heterocycles. The molecule has 1 atom stereocenters. The molecule has 3 aromatic rings. The molecule has 6 rings (SSSR count). The Balaban J connectivity index is 1.33.